The molecular weight excluding hydrogens is 901 g/mol. The van der Waals surface area contributed by atoms with Crippen LogP contribution in [0.2, 0.25) is 0 Å². The Morgan fingerprint density at radius 2 is 0.887 bits per heavy atom. The molecule has 0 radical (unpaired) electrons. The minimum Gasteiger partial charge on any atom is -0.479 e. The van der Waals surface area contributed by atoms with Crippen LogP contribution in [-0.2, 0) is 42.9 Å². The third-order valence-electron chi connectivity index (χ3n) is 12.9. The predicted molar refractivity (Wildman–Crippen MR) is 285 cm³/mol. The highest BCUT2D eigenvalue weighted by molar-refractivity contribution is 5.74. The molecule has 1 aliphatic rings. The first-order chi connectivity index (χ1) is 34.6. The van der Waals surface area contributed by atoms with Crippen LogP contribution >= 0.6 is 0 Å². The van der Waals surface area contributed by atoms with Gasteiger partial charge < -0.3 is 39.0 Å². The van der Waals surface area contributed by atoms with Crippen molar-refractivity contribution in [2.24, 2.45) is 0 Å². The van der Waals surface area contributed by atoms with Gasteiger partial charge in [0, 0.05) is 19.3 Å². The molecule has 6 atom stereocenters. The van der Waals surface area contributed by atoms with Gasteiger partial charge in [0.2, 0.25) is 0 Å². The Hall–Kier alpha value is -3.32. The van der Waals surface area contributed by atoms with Crippen molar-refractivity contribution in [3.05, 3.63) is 48.6 Å². The topological polar surface area (TPSA) is 175 Å². The number of carboxylic acids is 1. The molecule has 12 nitrogen and oxygen atoms in total. The van der Waals surface area contributed by atoms with Crippen molar-refractivity contribution in [3.63, 3.8) is 0 Å². The number of carboxylic acid groups (broad SMARTS) is 1. The summed E-state index contributed by atoms with van der Waals surface area (Å²) >= 11 is 0. The van der Waals surface area contributed by atoms with Gasteiger partial charge in [-0.15, -0.1) is 0 Å². The number of hydrogen-bond acceptors (Lipinski definition) is 11. The number of aliphatic hydroxyl groups excluding tert-OH is 2. The zero-order valence-electron chi connectivity index (χ0n) is 45.0. The van der Waals surface area contributed by atoms with Gasteiger partial charge in [-0.1, -0.05) is 204 Å². The molecule has 0 spiro atoms. The molecule has 0 aliphatic carbocycles. The molecule has 1 saturated heterocycles. The van der Waals surface area contributed by atoms with Crippen LogP contribution in [0.3, 0.4) is 0 Å². The first-order valence-electron chi connectivity index (χ1n) is 28.6. The Kier molecular flexibility index (Phi) is 44.1. The molecule has 1 rings (SSSR count). The van der Waals surface area contributed by atoms with E-state index in [4.69, 9.17) is 23.7 Å². The SMILES string of the molecule is CC/C=C\C/C=C\C/C=C\CCCCCCCC(=O)OCC(COC1OC(C(=O)O)C(O)C(O)C1OC(=O)CCCCCCCCCCCCC)OC(=O)CCCCCCC/C=C\CCCCCCCC. The molecule has 1 aliphatic heterocycles. The number of carbonyl (C=O) groups is 4. The van der Waals surface area contributed by atoms with Gasteiger partial charge in [-0.25, -0.2) is 4.79 Å². The zero-order valence-corrected chi connectivity index (χ0v) is 45.0. The van der Waals surface area contributed by atoms with Crippen LogP contribution in [0.4, 0.5) is 0 Å². The van der Waals surface area contributed by atoms with E-state index in [-0.39, 0.29) is 25.9 Å². The Morgan fingerprint density at radius 3 is 1.37 bits per heavy atom. The number of aliphatic hydroxyl groups is 2. The molecule has 0 aromatic carbocycles. The molecule has 1 fully saturated rings. The number of allylic oxidation sites excluding steroid dienone is 8. The summed E-state index contributed by atoms with van der Waals surface area (Å²) in [6.45, 7) is 5.84. The molecule has 0 aromatic heterocycles. The molecule has 410 valence electrons. The first-order valence-corrected chi connectivity index (χ1v) is 28.6. The number of esters is 3. The van der Waals surface area contributed by atoms with Crippen molar-refractivity contribution in [1.29, 1.82) is 0 Å². The summed E-state index contributed by atoms with van der Waals surface area (Å²) in [5.74, 6) is -3.14. The highest BCUT2D eigenvalue weighted by atomic mass is 16.7. The van der Waals surface area contributed by atoms with Crippen molar-refractivity contribution in [2.45, 2.75) is 289 Å². The first kappa shape index (κ1) is 65.7. The van der Waals surface area contributed by atoms with Crippen molar-refractivity contribution in [2.75, 3.05) is 13.2 Å². The molecule has 3 N–H and O–H groups in total. The van der Waals surface area contributed by atoms with E-state index in [0.717, 1.165) is 116 Å². The smallest absolute Gasteiger partial charge is 0.335 e. The van der Waals surface area contributed by atoms with E-state index in [9.17, 15) is 34.5 Å². The lowest BCUT2D eigenvalue weighted by atomic mass is 9.98. The van der Waals surface area contributed by atoms with Crippen molar-refractivity contribution < 1.29 is 58.2 Å². The Balaban J connectivity index is 2.72. The summed E-state index contributed by atoms with van der Waals surface area (Å²) in [5.41, 5.74) is 0. The highest BCUT2D eigenvalue weighted by Crippen LogP contribution is 2.26. The highest BCUT2D eigenvalue weighted by Gasteiger charge is 2.50. The fourth-order valence-corrected chi connectivity index (χ4v) is 8.49. The minimum absolute atomic E-state index is 0.0606. The molecule has 71 heavy (non-hydrogen) atoms. The maximum atomic E-state index is 13.1. The van der Waals surface area contributed by atoms with Gasteiger partial charge in [-0.05, 0) is 77.0 Å². The summed E-state index contributed by atoms with van der Waals surface area (Å²) in [7, 11) is 0. The Morgan fingerprint density at radius 1 is 0.479 bits per heavy atom. The summed E-state index contributed by atoms with van der Waals surface area (Å²) < 4.78 is 28.4. The van der Waals surface area contributed by atoms with E-state index in [2.05, 4.69) is 69.4 Å². The van der Waals surface area contributed by atoms with Crippen molar-refractivity contribution >= 4 is 23.9 Å². The van der Waals surface area contributed by atoms with E-state index in [1.54, 1.807) is 0 Å². The van der Waals surface area contributed by atoms with E-state index in [1.807, 2.05) is 0 Å². The summed E-state index contributed by atoms with van der Waals surface area (Å²) in [6, 6.07) is 0. The number of rotatable bonds is 48. The van der Waals surface area contributed by atoms with E-state index in [0.29, 0.717) is 19.3 Å². The monoisotopic (exact) mass is 1000 g/mol. The lowest BCUT2D eigenvalue weighted by Crippen LogP contribution is -2.61. The number of aliphatic carboxylic acids is 1. The van der Waals surface area contributed by atoms with Gasteiger partial charge in [-0.3, -0.25) is 14.4 Å². The number of hydrogen-bond donors (Lipinski definition) is 3. The number of carbonyl (C=O) groups excluding carboxylic acids is 3. The summed E-state index contributed by atoms with van der Waals surface area (Å²) in [4.78, 5) is 51.0. The van der Waals surface area contributed by atoms with E-state index < -0.39 is 67.3 Å². The van der Waals surface area contributed by atoms with E-state index in [1.165, 1.54) is 77.0 Å². The Labute approximate surface area is 431 Å². The van der Waals surface area contributed by atoms with Gasteiger partial charge in [0.25, 0.3) is 0 Å². The zero-order chi connectivity index (χ0) is 51.8. The summed E-state index contributed by atoms with van der Waals surface area (Å²) in [6.07, 6.45) is 43.7. The maximum Gasteiger partial charge on any atom is 0.335 e. The normalized spacial score (nSPS) is 18.8. The molecule has 0 saturated carbocycles. The lowest BCUT2D eigenvalue weighted by molar-refractivity contribution is -0.301. The average Bonchev–Trinajstić information content (AvgIpc) is 3.35. The van der Waals surface area contributed by atoms with E-state index >= 15 is 0 Å². The molecule has 0 bridgehead atoms. The molecule has 0 aromatic rings. The van der Waals surface area contributed by atoms with Crippen LogP contribution in [0, 0.1) is 0 Å². The maximum absolute atomic E-state index is 13.1. The van der Waals surface area contributed by atoms with Gasteiger partial charge >= 0.3 is 23.9 Å². The fourth-order valence-electron chi connectivity index (χ4n) is 8.49. The minimum atomic E-state index is -1.90. The molecule has 0 amide bonds. The molecule has 12 heteroatoms. The fraction of sp³-hybridized carbons (Fsp3) is 0.797. The predicted octanol–water partition coefficient (Wildman–Crippen LogP) is 14.2. The van der Waals surface area contributed by atoms with Gasteiger partial charge in [0.05, 0.1) is 6.61 Å². The second kappa shape index (κ2) is 47.7. The molecular formula is C59H102O12. The third kappa shape index (κ3) is 38.0. The quantitative estimate of drug-likeness (QED) is 0.0228. The molecule has 1 heterocycles. The van der Waals surface area contributed by atoms with Gasteiger partial charge in [0.1, 0.15) is 18.8 Å². The molecule has 6 unspecified atom stereocenters. The standard InChI is InChI=1S/C59H102O12/c1-4-7-10-13-16-19-22-24-26-28-31-33-36-39-42-45-51(60)67-48-50(69-52(61)46-43-40-37-35-32-29-27-25-23-20-17-14-11-8-5-2)49-68-59-57(55(64)54(63)56(71-59)58(65)66)70-53(62)47-44-41-38-34-30-21-18-15-12-9-6-3/h7,10,16,19,24-27,50,54-57,59,63-64H,4-6,8-9,11-15,17-18,20-23,28-49H2,1-3H3,(H,65,66)/b10-7-,19-16-,26-24-,27-25-. The largest absolute Gasteiger partial charge is 0.479 e. The lowest BCUT2D eigenvalue weighted by Gasteiger charge is -2.40. The third-order valence-corrected chi connectivity index (χ3v) is 12.9. The second-order valence-electron chi connectivity index (χ2n) is 19.5. The van der Waals surface area contributed by atoms with Crippen LogP contribution < -0.4 is 0 Å². The average molecular weight is 1000 g/mol. The van der Waals surface area contributed by atoms with Crippen LogP contribution in [0.5, 0.6) is 0 Å². The second-order valence-corrected chi connectivity index (χ2v) is 19.5. The summed E-state index contributed by atoms with van der Waals surface area (Å²) in [5, 5.41) is 31.4. The van der Waals surface area contributed by atoms with Crippen LogP contribution in [0.15, 0.2) is 48.6 Å². The van der Waals surface area contributed by atoms with Gasteiger partial charge in [0.15, 0.2) is 24.6 Å². The Bertz CT molecular complexity index is 1420. The van der Waals surface area contributed by atoms with Gasteiger partial charge in [-0.2, -0.15) is 0 Å². The van der Waals surface area contributed by atoms with Crippen molar-refractivity contribution in [1.82, 2.24) is 0 Å². The number of unbranched alkanes of at least 4 members (excludes halogenated alkanes) is 26. The van der Waals surface area contributed by atoms with Crippen LogP contribution in [0.25, 0.3) is 0 Å². The number of ether oxygens (including phenoxy) is 5. The van der Waals surface area contributed by atoms with Crippen LogP contribution in [0.1, 0.15) is 252 Å². The van der Waals surface area contributed by atoms with Crippen LogP contribution in [-0.4, -0.2) is 89.2 Å². The van der Waals surface area contributed by atoms with Crippen molar-refractivity contribution in [3.8, 4) is 0 Å².